The van der Waals surface area contributed by atoms with Gasteiger partial charge in [-0.1, -0.05) is 32.1 Å². The molecule has 22 atom stereocenters. The highest BCUT2D eigenvalue weighted by Crippen LogP contribution is 2.62. The van der Waals surface area contributed by atoms with Gasteiger partial charge in [0.15, 0.2) is 18.7 Å². The van der Waals surface area contributed by atoms with E-state index in [1.165, 1.54) is 7.11 Å². The van der Waals surface area contributed by atoms with E-state index in [0.717, 1.165) is 0 Å². The number of aliphatic hydroxyl groups excluding tert-OH is 8. The Balaban J connectivity index is 1.28. The molecular weight excluding hydrogens is 782 g/mol. The summed E-state index contributed by atoms with van der Waals surface area (Å²) in [5, 5.41) is 83.6. The number of aliphatic hydroxyl groups is 8. The van der Waals surface area contributed by atoms with Crippen LogP contribution in [-0.2, 0) is 42.7 Å². The summed E-state index contributed by atoms with van der Waals surface area (Å²) in [7, 11) is 1.37. The Bertz CT molecular complexity index is 1690. The fraction of sp³-hybridized carbons (Fsp3) is 0.750. The molecule has 5 heterocycles. The fourth-order valence-electron chi connectivity index (χ4n) is 10.1. The molecule has 1 aromatic heterocycles. The number of esters is 2. The zero-order valence-electron chi connectivity index (χ0n) is 33.4. The molecular formula is C40H57NO18. The number of hydrogen-bond donors (Lipinski definition) is 9. The van der Waals surface area contributed by atoms with Crippen molar-refractivity contribution in [1.29, 1.82) is 0 Å². The molecule has 0 radical (unpaired) electrons. The number of aromatic amines is 1. The van der Waals surface area contributed by atoms with E-state index in [0.29, 0.717) is 5.57 Å². The van der Waals surface area contributed by atoms with Crippen LogP contribution >= 0.6 is 0 Å². The van der Waals surface area contributed by atoms with E-state index in [9.17, 15) is 50.4 Å². The third kappa shape index (κ3) is 7.71. The molecule has 19 heteroatoms. The predicted molar refractivity (Wildman–Crippen MR) is 198 cm³/mol. The summed E-state index contributed by atoms with van der Waals surface area (Å²) >= 11 is 0. The smallest absolute Gasteiger partial charge is 0.355 e. The van der Waals surface area contributed by atoms with Gasteiger partial charge >= 0.3 is 11.9 Å². The highest BCUT2D eigenvalue weighted by atomic mass is 16.7. The largest absolute Gasteiger partial charge is 0.457 e. The second kappa shape index (κ2) is 17.5. The van der Waals surface area contributed by atoms with Gasteiger partial charge in [0, 0.05) is 42.9 Å². The van der Waals surface area contributed by atoms with Crippen LogP contribution in [-0.4, -0.2) is 182 Å². The lowest BCUT2D eigenvalue weighted by molar-refractivity contribution is -0.324. The van der Waals surface area contributed by atoms with Crippen molar-refractivity contribution in [2.24, 2.45) is 29.6 Å². The molecule has 0 aromatic carbocycles. The van der Waals surface area contributed by atoms with Crippen molar-refractivity contribution >= 4 is 11.9 Å². The molecule has 1 saturated carbocycles. The van der Waals surface area contributed by atoms with Crippen LogP contribution < -0.4 is 0 Å². The number of rotatable bonds is 10. The van der Waals surface area contributed by atoms with Gasteiger partial charge < -0.3 is 83.7 Å². The Morgan fingerprint density at radius 3 is 2.19 bits per heavy atom. The molecule has 330 valence electrons. The topological polar surface area (TPSA) is 286 Å². The molecule has 1 spiro atoms. The third-order valence-corrected chi connectivity index (χ3v) is 13.2. The van der Waals surface area contributed by atoms with Gasteiger partial charge in [0.2, 0.25) is 0 Å². The Morgan fingerprint density at radius 1 is 0.932 bits per heavy atom. The average Bonchev–Trinajstić information content (AvgIpc) is 3.82. The Hall–Kier alpha value is -2.86. The van der Waals surface area contributed by atoms with Gasteiger partial charge in [-0.3, -0.25) is 0 Å². The molecule has 4 aliphatic heterocycles. The van der Waals surface area contributed by atoms with E-state index < -0.39 is 158 Å². The summed E-state index contributed by atoms with van der Waals surface area (Å²) in [4.78, 5) is 30.4. The van der Waals surface area contributed by atoms with Crippen molar-refractivity contribution in [1.82, 2.24) is 4.98 Å². The molecule has 0 unspecified atom stereocenters. The number of carbonyl (C=O) groups is 2. The summed E-state index contributed by atoms with van der Waals surface area (Å²) in [5.41, 5.74) is -0.394. The summed E-state index contributed by atoms with van der Waals surface area (Å²) in [6.07, 6.45) is -14.1. The summed E-state index contributed by atoms with van der Waals surface area (Å²) < 4.78 is 49.4. The van der Waals surface area contributed by atoms with E-state index in [4.69, 9.17) is 37.9 Å². The van der Waals surface area contributed by atoms with E-state index in [1.54, 1.807) is 32.2 Å². The molecule has 19 nitrogen and oxygen atoms in total. The third-order valence-electron chi connectivity index (χ3n) is 13.2. The zero-order chi connectivity index (χ0) is 42.7. The normalized spacial score (nSPS) is 48.6. The number of H-pyrrole nitrogens is 1. The highest BCUT2D eigenvalue weighted by Gasteiger charge is 2.70. The first-order chi connectivity index (χ1) is 28.1. The Kier molecular flexibility index (Phi) is 13.1. The first-order valence-corrected chi connectivity index (χ1v) is 20.1. The minimum atomic E-state index is -1.73. The van der Waals surface area contributed by atoms with E-state index in [2.05, 4.69) is 4.98 Å². The SMILES string of the molecule is CO[C@H]1C[C@H]2C=C[C@H]3[C@H]4O[C@@]2(/C(C)=C/[C@@H](C)[C@@H]([C@@H](C)O[C@@H]2O[C@H](CO)[C@@H](O)[C@H](O)[C@H]2O)OC1=O)[C@@H]3[C@H](O[C@@H]1O[C@H](CO)[C@@H](O)[C@H](O)[C@H]1O)[C@@H](C)[C@H]4OC(=O)c1ccc[nH]1. The van der Waals surface area contributed by atoms with Crippen LogP contribution in [0.25, 0.3) is 0 Å². The lowest BCUT2D eigenvalue weighted by atomic mass is 9.57. The molecule has 3 saturated heterocycles. The van der Waals surface area contributed by atoms with Gasteiger partial charge in [-0.15, -0.1) is 0 Å². The van der Waals surface area contributed by atoms with E-state index in [-0.39, 0.29) is 12.1 Å². The van der Waals surface area contributed by atoms with Crippen molar-refractivity contribution in [2.75, 3.05) is 20.3 Å². The first-order valence-electron chi connectivity index (χ1n) is 20.1. The van der Waals surface area contributed by atoms with Crippen molar-refractivity contribution in [2.45, 2.75) is 138 Å². The zero-order valence-corrected chi connectivity index (χ0v) is 33.4. The minimum Gasteiger partial charge on any atom is -0.457 e. The van der Waals surface area contributed by atoms with Crippen molar-refractivity contribution in [3.8, 4) is 0 Å². The highest BCUT2D eigenvalue weighted by molar-refractivity contribution is 5.87. The maximum absolute atomic E-state index is 14.0. The van der Waals surface area contributed by atoms with Crippen LogP contribution in [0, 0.1) is 29.6 Å². The number of cyclic esters (lactones) is 1. The van der Waals surface area contributed by atoms with Crippen molar-refractivity contribution < 1.29 is 88.3 Å². The molecule has 9 N–H and O–H groups in total. The maximum atomic E-state index is 14.0. The summed E-state index contributed by atoms with van der Waals surface area (Å²) in [6, 6.07) is 3.23. The van der Waals surface area contributed by atoms with Gasteiger partial charge in [0.25, 0.3) is 0 Å². The number of methoxy groups -OCH3 is 1. The van der Waals surface area contributed by atoms with Gasteiger partial charge in [-0.2, -0.15) is 0 Å². The van der Waals surface area contributed by atoms with E-state index >= 15 is 0 Å². The molecule has 6 aliphatic rings. The quantitative estimate of drug-likeness (QED) is 0.0914. The molecule has 59 heavy (non-hydrogen) atoms. The van der Waals surface area contributed by atoms with Crippen molar-refractivity contribution in [3.63, 3.8) is 0 Å². The van der Waals surface area contributed by atoms with Gasteiger partial charge in [-0.05, 0) is 38.0 Å². The average molecular weight is 840 g/mol. The summed E-state index contributed by atoms with van der Waals surface area (Å²) in [6.45, 7) is 5.69. The Morgan fingerprint density at radius 2 is 1.58 bits per heavy atom. The van der Waals surface area contributed by atoms with Crippen LogP contribution in [0.15, 0.2) is 42.1 Å². The van der Waals surface area contributed by atoms with Crippen LogP contribution in [0.2, 0.25) is 0 Å². The van der Waals surface area contributed by atoms with Gasteiger partial charge in [0.1, 0.15) is 78.4 Å². The molecule has 1 aromatic rings. The van der Waals surface area contributed by atoms with Crippen LogP contribution in [0.1, 0.15) is 44.6 Å². The second-order valence-electron chi connectivity index (χ2n) is 16.7. The molecule has 0 amide bonds. The lowest BCUT2D eigenvalue weighted by Gasteiger charge is -2.51. The van der Waals surface area contributed by atoms with Crippen LogP contribution in [0.4, 0.5) is 0 Å². The Labute approximate surface area is 340 Å². The monoisotopic (exact) mass is 839 g/mol. The lowest BCUT2D eigenvalue weighted by Crippen LogP contribution is -2.63. The molecule has 4 bridgehead atoms. The maximum Gasteiger partial charge on any atom is 0.355 e. The fourth-order valence-corrected chi connectivity index (χ4v) is 10.1. The molecule has 7 rings (SSSR count). The first kappa shape index (κ1) is 44.2. The van der Waals surface area contributed by atoms with Crippen molar-refractivity contribution in [3.05, 3.63) is 47.8 Å². The van der Waals surface area contributed by atoms with Gasteiger partial charge in [0.05, 0.1) is 25.4 Å². The number of nitrogens with one attached hydrogen (secondary N) is 1. The molecule has 2 aliphatic carbocycles. The van der Waals surface area contributed by atoms with Crippen LogP contribution in [0.3, 0.4) is 0 Å². The van der Waals surface area contributed by atoms with Crippen LogP contribution in [0.5, 0.6) is 0 Å². The molecule has 4 fully saturated rings. The standard InChI is InChI=1S/C40H57NO18/c1-15-11-16(2)40-19(12-22(52-5)37(51)56-32(15)18(4)53-38-30(48)28(46)26(44)23(13-42)54-38)8-9-20-25(40)33(58-39-31(49)29(47)27(45)24(14-43)55-39)17(3)34(35(20)59-40)57-36(50)21-7-6-10-41-21/h6-11,15,17-20,22-35,38-39,41-49H,12-14H2,1-5H3/b16-11+/t15-,17-,18-,19-,20-,22+,23-,24-,25+,26-,27-,28+,29+,30-,31-,32+,33-,34-,35-,38-,39+,40-/m1/s1. The summed E-state index contributed by atoms with van der Waals surface area (Å²) in [5.74, 6) is -4.27. The van der Waals surface area contributed by atoms with E-state index in [1.807, 2.05) is 32.1 Å². The number of ether oxygens (including phenoxy) is 8. The number of carbonyl (C=O) groups excluding carboxylic acids is 2. The number of aromatic nitrogens is 1. The number of hydrogen-bond acceptors (Lipinski definition) is 18. The second-order valence-corrected chi connectivity index (χ2v) is 16.7. The minimum absolute atomic E-state index is 0.0457. The van der Waals surface area contributed by atoms with Gasteiger partial charge in [-0.25, -0.2) is 9.59 Å². The predicted octanol–water partition coefficient (Wildman–Crippen LogP) is -1.95.